The van der Waals surface area contributed by atoms with E-state index in [4.69, 9.17) is 0 Å². The van der Waals surface area contributed by atoms with Gasteiger partial charge in [0.2, 0.25) is 0 Å². The first-order chi connectivity index (χ1) is 6.48. The van der Waals surface area contributed by atoms with Crippen LogP contribution in [0.3, 0.4) is 0 Å². The van der Waals surface area contributed by atoms with Crippen LogP contribution in [0.25, 0.3) is 0 Å². The van der Waals surface area contributed by atoms with Crippen LogP contribution < -0.4 is 0 Å². The van der Waals surface area contributed by atoms with Crippen molar-refractivity contribution in [3.8, 4) is 0 Å². The summed E-state index contributed by atoms with van der Waals surface area (Å²) < 4.78 is 1.28. The molecule has 1 saturated heterocycles. The summed E-state index contributed by atoms with van der Waals surface area (Å²) in [5.74, 6) is 0. The third kappa shape index (κ3) is 1.70. The summed E-state index contributed by atoms with van der Waals surface area (Å²) in [5, 5.41) is 0. The van der Waals surface area contributed by atoms with Crippen molar-refractivity contribution >= 4 is 0 Å². The average Bonchev–Trinajstić information content (AvgIpc) is 2.42. The van der Waals surface area contributed by atoms with Gasteiger partial charge in [-0.25, -0.2) is 4.90 Å². The Kier molecular flexibility index (Phi) is 3.59. The van der Waals surface area contributed by atoms with Crippen LogP contribution in [0.15, 0.2) is 0 Å². The Balaban J connectivity index is 2.84. The van der Waals surface area contributed by atoms with Crippen molar-refractivity contribution in [3.63, 3.8) is 0 Å². The van der Waals surface area contributed by atoms with E-state index in [1.54, 1.807) is 0 Å². The molecule has 14 heavy (non-hydrogen) atoms. The van der Waals surface area contributed by atoms with Gasteiger partial charge in [-0.05, 0) is 41.5 Å². The molecule has 0 aliphatic carbocycles. The molecular weight excluding hydrogens is 172 g/mol. The van der Waals surface area contributed by atoms with Gasteiger partial charge in [0.05, 0.1) is 19.1 Å². The fraction of sp³-hybridized carbons (Fsp3) is 1.00. The molecule has 2 heteroatoms. The molecule has 1 aliphatic rings. The van der Waals surface area contributed by atoms with Crippen LogP contribution in [-0.4, -0.2) is 47.3 Å². The maximum Gasteiger partial charge on any atom is 0.135 e. The highest BCUT2D eigenvalue weighted by Crippen LogP contribution is 2.29. The number of hydrogen-bond acceptors (Lipinski definition) is 1. The predicted octanol–water partition coefficient (Wildman–Crippen LogP) is 2.30. The van der Waals surface area contributed by atoms with E-state index in [1.165, 1.54) is 24.2 Å². The molecule has 2 nitrogen and oxygen atoms in total. The molecule has 1 heterocycles. The van der Waals surface area contributed by atoms with Gasteiger partial charge in [-0.15, -0.1) is 0 Å². The van der Waals surface area contributed by atoms with Crippen molar-refractivity contribution in [2.75, 3.05) is 19.8 Å². The number of hydrogen-bond donors (Lipinski definition) is 0. The van der Waals surface area contributed by atoms with Crippen LogP contribution in [0.4, 0.5) is 0 Å². The van der Waals surface area contributed by atoms with Gasteiger partial charge < -0.3 is 4.48 Å². The monoisotopic (exact) mass is 199 g/mol. The van der Waals surface area contributed by atoms with E-state index in [0.29, 0.717) is 6.04 Å². The minimum absolute atomic E-state index is 0.686. The van der Waals surface area contributed by atoms with Gasteiger partial charge in [0.15, 0.2) is 0 Å². The fourth-order valence-corrected chi connectivity index (χ4v) is 2.95. The van der Waals surface area contributed by atoms with Crippen LogP contribution in [-0.2, 0) is 0 Å². The maximum atomic E-state index is 2.65. The van der Waals surface area contributed by atoms with Crippen LogP contribution in [0.1, 0.15) is 41.5 Å². The molecule has 0 saturated carbocycles. The third-order valence-corrected chi connectivity index (χ3v) is 4.45. The minimum atomic E-state index is 0.686. The first kappa shape index (κ1) is 12.0. The van der Waals surface area contributed by atoms with E-state index < -0.39 is 0 Å². The Morgan fingerprint density at radius 3 is 1.93 bits per heavy atom. The van der Waals surface area contributed by atoms with E-state index in [-0.39, 0.29) is 0 Å². The number of nitrogens with zero attached hydrogens (tertiary/aromatic N) is 2. The van der Waals surface area contributed by atoms with Crippen molar-refractivity contribution in [1.82, 2.24) is 4.90 Å². The van der Waals surface area contributed by atoms with Crippen LogP contribution >= 0.6 is 0 Å². The smallest absolute Gasteiger partial charge is 0.135 e. The first-order valence-corrected chi connectivity index (χ1v) is 6.10. The van der Waals surface area contributed by atoms with Gasteiger partial charge in [0.25, 0.3) is 0 Å². The highest BCUT2D eigenvalue weighted by atomic mass is 15.5. The molecule has 0 aromatic rings. The fourth-order valence-electron chi connectivity index (χ4n) is 2.95. The van der Waals surface area contributed by atoms with Gasteiger partial charge in [0, 0.05) is 6.04 Å². The maximum absolute atomic E-state index is 2.65. The van der Waals surface area contributed by atoms with Gasteiger partial charge in [-0.2, -0.15) is 0 Å². The third-order valence-electron chi connectivity index (χ3n) is 4.45. The van der Waals surface area contributed by atoms with Crippen molar-refractivity contribution in [1.29, 1.82) is 0 Å². The van der Waals surface area contributed by atoms with E-state index in [1.807, 2.05) is 0 Å². The molecule has 2 unspecified atom stereocenters. The summed E-state index contributed by atoms with van der Waals surface area (Å²) in [7, 11) is 0. The van der Waals surface area contributed by atoms with Crippen molar-refractivity contribution in [2.45, 2.75) is 59.7 Å². The molecular formula is C12H27N2+. The summed E-state index contributed by atoms with van der Waals surface area (Å²) in [6, 6.07) is 2.20. The second kappa shape index (κ2) is 4.19. The van der Waals surface area contributed by atoms with E-state index in [9.17, 15) is 0 Å². The number of rotatable bonds is 3. The van der Waals surface area contributed by atoms with Crippen molar-refractivity contribution < 1.29 is 4.48 Å². The topological polar surface area (TPSA) is 3.24 Å². The molecule has 84 valence electrons. The molecule has 0 aromatic heterocycles. The Morgan fingerprint density at radius 1 is 1.21 bits per heavy atom. The summed E-state index contributed by atoms with van der Waals surface area (Å²) in [4.78, 5) is 2.65. The highest BCUT2D eigenvalue weighted by Gasteiger charge is 2.46. The van der Waals surface area contributed by atoms with Gasteiger partial charge in [0.1, 0.15) is 12.7 Å². The molecule has 2 atom stereocenters. The Bertz CT molecular complexity index is 183. The molecule has 0 amide bonds. The molecule has 0 aromatic carbocycles. The lowest BCUT2D eigenvalue weighted by atomic mass is 10.1. The molecule has 0 N–H and O–H groups in total. The molecule has 0 radical (unpaired) electrons. The Labute approximate surface area is 89.5 Å². The van der Waals surface area contributed by atoms with E-state index in [0.717, 1.165) is 12.1 Å². The lowest BCUT2D eigenvalue weighted by molar-refractivity contribution is -0.938. The van der Waals surface area contributed by atoms with Crippen molar-refractivity contribution in [2.24, 2.45) is 0 Å². The zero-order valence-electron chi connectivity index (χ0n) is 10.7. The lowest BCUT2D eigenvalue weighted by Gasteiger charge is -2.36. The zero-order valence-corrected chi connectivity index (χ0v) is 10.7. The summed E-state index contributed by atoms with van der Waals surface area (Å²) in [5.41, 5.74) is 0. The SMILES string of the molecule is CC[N+]1(CC)CN(C(C)C)C(C)C1C. The summed E-state index contributed by atoms with van der Waals surface area (Å²) >= 11 is 0. The van der Waals surface area contributed by atoms with Crippen LogP contribution in [0.2, 0.25) is 0 Å². The predicted molar refractivity (Wildman–Crippen MR) is 62.1 cm³/mol. The highest BCUT2D eigenvalue weighted by molar-refractivity contribution is 4.81. The average molecular weight is 199 g/mol. The zero-order chi connectivity index (χ0) is 10.9. The molecule has 1 aliphatic heterocycles. The molecule has 1 rings (SSSR count). The van der Waals surface area contributed by atoms with Crippen molar-refractivity contribution in [3.05, 3.63) is 0 Å². The number of quaternary nitrogens is 1. The lowest BCUT2D eigenvalue weighted by Crippen LogP contribution is -2.52. The largest absolute Gasteiger partial charge is 0.308 e. The Hall–Kier alpha value is -0.0800. The van der Waals surface area contributed by atoms with Gasteiger partial charge in [-0.3, -0.25) is 0 Å². The van der Waals surface area contributed by atoms with E-state index in [2.05, 4.69) is 46.4 Å². The van der Waals surface area contributed by atoms with Crippen LogP contribution in [0.5, 0.6) is 0 Å². The molecule has 0 spiro atoms. The van der Waals surface area contributed by atoms with Gasteiger partial charge >= 0.3 is 0 Å². The second-order valence-corrected chi connectivity index (χ2v) is 5.08. The van der Waals surface area contributed by atoms with Gasteiger partial charge in [-0.1, -0.05) is 0 Å². The van der Waals surface area contributed by atoms with Crippen LogP contribution in [0, 0.1) is 0 Å². The van der Waals surface area contributed by atoms with E-state index >= 15 is 0 Å². The summed E-state index contributed by atoms with van der Waals surface area (Å²) in [6.07, 6.45) is 0. The number of likely N-dealkylation sites (N-methyl/N-ethyl adjacent to an activating group) is 1. The minimum Gasteiger partial charge on any atom is -0.308 e. The summed E-state index contributed by atoms with van der Waals surface area (Å²) in [6.45, 7) is 17.9. The Morgan fingerprint density at radius 2 is 1.71 bits per heavy atom. The first-order valence-electron chi connectivity index (χ1n) is 6.10. The quantitative estimate of drug-likeness (QED) is 0.630. The second-order valence-electron chi connectivity index (χ2n) is 5.08. The normalized spacial score (nSPS) is 32.8. The molecule has 0 bridgehead atoms. The molecule has 1 fully saturated rings. The standard InChI is InChI=1S/C12H27N2/c1-7-14(8-2)9-13(10(3)4)11(5)12(14)6/h10-12H,7-9H2,1-6H3/q+1.